The highest BCUT2D eigenvalue weighted by molar-refractivity contribution is 5.32. The zero-order valence-electron chi connectivity index (χ0n) is 9.51. The summed E-state index contributed by atoms with van der Waals surface area (Å²) >= 11 is 0. The third kappa shape index (κ3) is 2.25. The largest absolute Gasteiger partial charge is 0.313 e. The third-order valence-corrected chi connectivity index (χ3v) is 2.37. The Bertz CT molecular complexity index is 446. The topological polar surface area (TPSA) is 55.6 Å². The summed E-state index contributed by atoms with van der Waals surface area (Å²) in [5, 5.41) is 15.2. The lowest BCUT2D eigenvalue weighted by Crippen LogP contribution is -2.07. The van der Waals surface area contributed by atoms with E-state index in [1.807, 2.05) is 19.2 Å². The number of nitrogens with one attached hydrogen (secondary N) is 1. The number of nitrogens with zero attached hydrogens (tertiary/aromatic N) is 4. The van der Waals surface area contributed by atoms with E-state index in [0.717, 1.165) is 12.1 Å². The minimum atomic E-state index is 0.632. The fourth-order valence-electron chi connectivity index (χ4n) is 1.45. The van der Waals surface area contributed by atoms with Crippen molar-refractivity contribution in [1.82, 2.24) is 25.5 Å². The van der Waals surface area contributed by atoms with Gasteiger partial charge in [0.1, 0.15) is 0 Å². The molecule has 0 radical (unpaired) electrons. The maximum atomic E-state index is 4.26. The highest BCUT2D eigenvalue weighted by Crippen LogP contribution is 2.07. The Kier molecular flexibility index (Phi) is 3.26. The predicted molar refractivity (Wildman–Crippen MR) is 61.3 cm³/mol. The van der Waals surface area contributed by atoms with Gasteiger partial charge in [-0.3, -0.25) is 0 Å². The fourth-order valence-corrected chi connectivity index (χ4v) is 1.45. The summed E-state index contributed by atoms with van der Waals surface area (Å²) in [7, 11) is 1.86. The average molecular weight is 217 g/mol. The van der Waals surface area contributed by atoms with E-state index in [2.05, 4.69) is 39.8 Å². The van der Waals surface area contributed by atoms with E-state index in [-0.39, 0.29) is 0 Å². The van der Waals surface area contributed by atoms with E-state index in [0.29, 0.717) is 12.4 Å². The molecule has 0 aliphatic heterocycles. The van der Waals surface area contributed by atoms with Crippen molar-refractivity contribution in [3.63, 3.8) is 0 Å². The summed E-state index contributed by atoms with van der Waals surface area (Å²) in [6.07, 6.45) is 1.04. The Hall–Kier alpha value is -1.75. The van der Waals surface area contributed by atoms with Crippen LogP contribution in [0.4, 0.5) is 0 Å². The number of aromatic nitrogens is 4. The van der Waals surface area contributed by atoms with Crippen molar-refractivity contribution in [2.75, 3.05) is 7.05 Å². The van der Waals surface area contributed by atoms with Crippen molar-refractivity contribution in [3.8, 4) is 5.69 Å². The number of aryl methyl sites for hydroxylation is 1. The summed E-state index contributed by atoms with van der Waals surface area (Å²) < 4.78 is 0. The standard InChI is InChI=1S/C11H15N5/c1-3-9-4-6-10(7-5-9)16-14-11(8-12-2)13-15-16/h4-7,12H,3,8H2,1-2H3. The second kappa shape index (κ2) is 4.85. The lowest BCUT2D eigenvalue weighted by molar-refractivity contribution is 0.711. The molecule has 2 rings (SSSR count). The monoisotopic (exact) mass is 217 g/mol. The lowest BCUT2D eigenvalue weighted by atomic mass is 10.2. The summed E-state index contributed by atoms with van der Waals surface area (Å²) in [4.78, 5) is 1.55. The smallest absolute Gasteiger partial charge is 0.188 e. The van der Waals surface area contributed by atoms with Gasteiger partial charge in [-0.15, -0.1) is 15.0 Å². The van der Waals surface area contributed by atoms with Crippen LogP contribution in [0.15, 0.2) is 24.3 Å². The molecule has 1 N–H and O–H groups in total. The fraction of sp³-hybridized carbons (Fsp3) is 0.364. The Balaban J connectivity index is 2.21. The number of rotatable bonds is 4. The van der Waals surface area contributed by atoms with Crippen LogP contribution in [0.1, 0.15) is 18.3 Å². The molecule has 0 saturated carbocycles. The lowest BCUT2D eigenvalue weighted by Gasteiger charge is -1.99. The Morgan fingerprint density at radius 2 is 2.00 bits per heavy atom. The van der Waals surface area contributed by atoms with Gasteiger partial charge in [0.2, 0.25) is 0 Å². The molecule has 16 heavy (non-hydrogen) atoms. The zero-order valence-corrected chi connectivity index (χ0v) is 9.51. The molecule has 0 aliphatic rings. The molecule has 5 nitrogen and oxygen atoms in total. The van der Waals surface area contributed by atoms with Gasteiger partial charge in [-0.25, -0.2) is 0 Å². The van der Waals surface area contributed by atoms with Crippen LogP contribution < -0.4 is 5.32 Å². The van der Waals surface area contributed by atoms with Crippen molar-refractivity contribution in [2.45, 2.75) is 19.9 Å². The van der Waals surface area contributed by atoms with Crippen LogP contribution in [-0.2, 0) is 13.0 Å². The molecular weight excluding hydrogens is 202 g/mol. The highest BCUT2D eigenvalue weighted by Gasteiger charge is 2.03. The SMILES string of the molecule is CCc1ccc(-n2nnc(CNC)n2)cc1. The Labute approximate surface area is 94.5 Å². The molecule has 84 valence electrons. The van der Waals surface area contributed by atoms with Gasteiger partial charge in [0, 0.05) is 0 Å². The predicted octanol–water partition coefficient (Wildman–Crippen LogP) is 0.944. The first-order chi connectivity index (χ1) is 7.83. The minimum absolute atomic E-state index is 0.632. The second-order valence-electron chi connectivity index (χ2n) is 3.55. The minimum Gasteiger partial charge on any atom is -0.313 e. The molecule has 1 aromatic carbocycles. The van der Waals surface area contributed by atoms with Crippen LogP contribution >= 0.6 is 0 Å². The van der Waals surface area contributed by atoms with Gasteiger partial charge in [-0.05, 0) is 36.4 Å². The third-order valence-electron chi connectivity index (χ3n) is 2.37. The zero-order chi connectivity index (χ0) is 11.4. The van der Waals surface area contributed by atoms with Crippen molar-refractivity contribution in [3.05, 3.63) is 35.7 Å². The molecular formula is C11H15N5. The molecule has 0 amide bonds. The van der Waals surface area contributed by atoms with Gasteiger partial charge >= 0.3 is 0 Å². The number of tetrazole rings is 1. The second-order valence-corrected chi connectivity index (χ2v) is 3.55. The van der Waals surface area contributed by atoms with Crippen LogP contribution in [0.2, 0.25) is 0 Å². The summed E-state index contributed by atoms with van der Waals surface area (Å²) in [6.45, 7) is 2.76. The molecule has 0 fully saturated rings. The van der Waals surface area contributed by atoms with Gasteiger partial charge in [0.25, 0.3) is 0 Å². The molecule has 0 atom stereocenters. The normalized spacial score (nSPS) is 10.6. The van der Waals surface area contributed by atoms with Crippen molar-refractivity contribution >= 4 is 0 Å². The van der Waals surface area contributed by atoms with E-state index >= 15 is 0 Å². The van der Waals surface area contributed by atoms with Gasteiger partial charge in [0.05, 0.1) is 12.2 Å². The first kappa shape index (κ1) is 10.8. The van der Waals surface area contributed by atoms with Gasteiger partial charge < -0.3 is 5.32 Å². The van der Waals surface area contributed by atoms with E-state index < -0.39 is 0 Å². The average Bonchev–Trinajstić information content (AvgIpc) is 2.78. The van der Waals surface area contributed by atoms with E-state index in [4.69, 9.17) is 0 Å². The molecule has 1 aromatic heterocycles. The number of benzene rings is 1. The van der Waals surface area contributed by atoms with E-state index in [1.165, 1.54) is 5.56 Å². The first-order valence-electron chi connectivity index (χ1n) is 5.36. The molecule has 0 spiro atoms. The van der Waals surface area contributed by atoms with Crippen LogP contribution in [0, 0.1) is 0 Å². The quantitative estimate of drug-likeness (QED) is 0.828. The Morgan fingerprint density at radius 1 is 1.25 bits per heavy atom. The van der Waals surface area contributed by atoms with Crippen LogP contribution in [0.5, 0.6) is 0 Å². The first-order valence-corrected chi connectivity index (χ1v) is 5.36. The maximum Gasteiger partial charge on any atom is 0.188 e. The molecule has 0 aliphatic carbocycles. The molecule has 5 heteroatoms. The van der Waals surface area contributed by atoms with Crippen molar-refractivity contribution in [2.24, 2.45) is 0 Å². The van der Waals surface area contributed by atoms with Gasteiger partial charge in [-0.1, -0.05) is 19.1 Å². The number of hydrogen-bond acceptors (Lipinski definition) is 4. The van der Waals surface area contributed by atoms with E-state index in [1.54, 1.807) is 4.80 Å². The molecule has 0 saturated heterocycles. The molecule has 0 bridgehead atoms. The number of hydrogen-bond donors (Lipinski definition) is 1. The van der Waals surface area contributed by atoms with Crippen molar-refractivity contribution in [1.29, 1.82) is 0 Å². The van der Waals surface area contributed by atoms with Crippen molar-refractivity contribution < 1.29 is 0 Å². The van der Waals surface area contributed by atoms with Crippen LogP contribution in [0.3, 0.4) is 0 Å². The molecule has 0 unspecified atom stereocenters. The highest BCUT2D eigenvalue weighted by atomic mass is 15.6. The summed E-state index contributed by atoms with van der Waals surface area (Å²) in [5.74, 6) is 0.696. The van der Waals surface area contributed by atoms with Gasteiger partial charge in [0.15, 0.2) is 5.82 Å². The van der Waals surface area contributed by atoms with E-state index in [9.17, 15) is 0 Å². The molecule has 2 aromatic rings. The molecule has 1 heterocycles. The summed E-state index contributed by atoms with van der Waals surface area (Å²) in [5.41, 5.74) is 2.24. The van der Waals surface area contributed by atoms with Crippen LogP contribution in [0.25, 0.3) is 5.69 Å². The summed E-state index contributed by atoms with van der Waals surface area (Å²) in [6, 6.07) is 8.17. The Morgan fingerprint density at radius 3 is 2.62 bits per heavy atom. The van der Waals surface area contributed by atoms with Crippen LogP contribution in [-0.4, -0.2) is 27.3 Å². The maximum absolute atomic E-state index is 4.26. The van der Waals surface area contributed by atoms with Gasteiger partial charge in [-0.2, -0.15) is 0 Å².